The van der Waals surface area contributed by atoms with E-state index in [-0.39, 0.29) is 17.1 Å². The minimum absolute atomic E-state index is 0.0767. The summed E-state index contributed by atoms with van der Waals surface area (Å²) in [5.74, 6) is -0.553. The largest absolute Gasteiger partial charge is 0.425 e. The van der Waals surface area contributed by atoms with Gasteiger partial charge in [0.05, 0.1) is 4.90 Å². The molecule has 0 bridgehead atoms. The number of carbonyl (C=O) groups excluding carboxylic acids is 1. The van der Waals surface area contributed by atoms with Gasteiger partial charge >= 0.3 is 11.6 Å². The first-order valence-electron chi connectivity index (χ1n) is 11.0. The van der Waals surface area contributed by atoms with Crippen molar-refractivity contribution < 1.29 is 22.4 Å². The van der Waals surface area contributed by atoms with Crippen molar-refractivity contribution in [3.8, 4) is 5.75 Å². The molecule has 0 saturated heterocycles. The van der Waals surface area contributed by atoms with Gasteiger partial charge in [-0.2, -0.15) is 4.72 Å². The first-order chi connectivity index (χ1) is 15.7. The van der Waals surface area contributed by atoms with Crippen LogP contribution in [0, 0.1) is 13.8 Å². The van der Waals surface area contributed by atoms with Gasteiger partial charge in [0, 0.05) is 17.0 Å². The summed E-state index contributed by atoms with van der Waals surface area (Å²) in [5.41, 5.74) is 2.33. The maximum Gasteiger partial charge on any atom is 0.339 e. The van der Waals surface area contributed by atoms with Crippen LogP contribution in [0.5, 0.6) is 5.75 Å². The van der Waals surface area contributed by atoms with Gasteiger partial charge in [0.15, 0.2) is 0 Å². The van der Waals surface area contributed by atoms with Gasteiger partial charge in [0.25, 0.3) is 0 Å². The molecule has 0 unspecified atom stereocenters. The quantitative estimate of drug-likeness (QED) is 0.282. The predicted molar refractivity (Wildman–Crippen MR) is 127 cm³/mol. The monoisotopic (exact) mass is 471 g/mol. The summed E-state index contributed by atoms with van der Waals surface area (Å²) in [5, 5.41) is 0.767. The zero-order valence-corrected chi connectivity index (χ0v) is 20.1. The SMILES string of the molecule is CCCc1c(C)c2ccc(OC(=O)[C@@H](CCC)NS(=O)(=O)c3ccc(C)cc3)cc2oc1=O. The fraction of sp³-hybridized carbons (Fsp3) is 0.360. The first kappa shape index (κ1) is 24.7. The number of carbonyl (C=O) groups is 1. The second-order valence-electron chi connectivity index (χ2n) is 8.10. The molecule has 3 rings (SSSR count). The summed E-state index contributed by atoms with van der Waals surface area (Å²) >= 11 is 0. The number of fused-ring (bicyclic) bond motifs is 1. The van der Waals surface area contributed by atoms with Crippen LogP contribution in [0.1, 0.15) is 49.8 Å². The van der Waals surface area contributed by atoms with E-state index in [1.807, 2.05) is 27.7 Å². The highest BCUT2D eigenvalue weighted by molar-refractivity contribution is 7.89. The molecule has 0 saturated carbocycles. The van der Waals surface area contributed by atoms with Crippen molar-refractivity contribution in [2.24, 2.45) is 0 Å². The Morgan fingerprint density at radius 2 is 1.76 bits per heavy atom. The van der Waals surface area contributed by atoms with E-state index in [1.54, 1.807) is 24.3 Å². The number of sulfonamides is 1. The van der Waals surface area contributed by atoms with E-state index in [0.29, 0.717) is 24.0 Å². The number of nitrogens with one attached hydrogen (secondary N) is 1. The Balaban J connectivity index is 1.84. The van der Waals surface area contributed by atoms with Gasteiger partial charge in [-0.1, -0.05) is 44.4 Å². The van der Waals surface area contributed by atoms with Crippen LogP contribution in [0.2, 0.25) is 0 Å². The molecule has 0 amide bonds. The molecule has 1 atom stereocenters. The standard InChI is InChI=1S/C25H29NO6S/c1-5-7-21-17(4)20-14-11-18(15-23(20)32-24(21)27)31-25(28)22(8-6-2)26-33(29,30)19-12-9-16(3)10-13-19/h9-15,22,26H,5-8H2,1-4H3/t22-/m1/s1. The van der Waals surface area contributed by atoms with Crippen LogP contribution in [0.4, 0.5) is 0 Å². The lowest BCUT2D eigenvalue weighted by atomic mass is 10.0. The number of hydrogen-bond acceptors (Lipinski definition) is 6. The molecule has 2 aromatic carbocycles. The Labute approximate surface area is 193 Å². The molecule has 0 aliphatic carbocycles. The van der Waals surface area contributed by atoms with Crippen LogP contribution in [-0.4, -0.2) is 20.4 Å². The molecular formula is C25H29NO6S. The molecule has 3 aromatic rings. The van der Waals surface area contributed by atoms with Crippen molar-refractivity contribution in [2.75, 3.05) is 0 Å². The van der Waals surface area contributed by atoms with Gasteiger partial charge in [-0.3, -0.25) is 0 Å². The fourth-order valence-corrected chi connectivity index (χ4v) is 4.87. The highest BCUT2D eigenvalue weighted by atomic mass is 32.2. The number of benzene rings is 2. The zero-order chi connectivity index (χ0) is 24.2. The Kier molecular flexibility index (Phi) is 7.71. The molecule has 1 aromatic heterocycles. The molecule has 1 N–H and O–H groups in total. The third-order valence-electron chi connectivity index (χ3n) is 5.47. The molecule has 8 heteroatoms. The molecule has 1 heterocycles. The molecule has 0 radical (unpaired) electrons. The van der Waals surface area contributed by atoms with Gasteiger partial charge in [-0.15, -0.1) is 0 Å². The average molecular weight is 472 g/mol. The number of rotatable bonds is 9. The first-order valence-corrected chi connectivity index (χ1v) is 12.5. The van der Waals surface area contributed by atoms with Crippen LogP contribution >= 0.6 is 0 Å². The summed E-state index contributed by atoms with van der Waals surface area (Å²) in [6, 6.07) is 10.1. The Morgan fingerprint density at radius 1 is 1.06 bits per heavy atom. The Morgan fingerprint density at radius 3 is 2.39 bits per heavy atom. The van der Waals surface area contributed by atoms with Crippen LogP contribution in [0.25, 0.3) is 11.0 Å². The van der Waals surface area contributed by atoms with Gasteiger partial charge in [0.2, 0.25) is 10.0 Å². The topological polar surface area (TPSA) is 103 Å². The van der Waals surface area contributed by atoms with Crippen LogP contribution in [-0.2, 0) is 21.2 Å². The van der Waals surface area contributed by atoms with Crippen molar-refractivity contribution in [3.05, 3.63) is 69.6 Å². The van der Waals surface area contributed by atoms with E-state index >= 15 is 0 Å². The molecule has 0 aliphatic heterocycles. The number of esters is 1. The van der Waals surface area contributed by atoms with E-state index < -0.39 is 27.7 Å². The Bertz CT molecular complexity index is 1310. The number of ether oxygens (including phenoxy) is 1. The van der Waals surface area contributed by atoms with Gasteiger partial charge < -0.3 is 9.15 Å². The molecule has 0 aliphatic rings. The fourth-order valence-electron chi connectivity index (χ4n) is 3.65. The molecule has 0 spiro atoms. The predicted octanol–water partition coefficient (Wildman–Crippen LogP) is 4.41. The molecular weight excluding hydrogens is 442 g/mol. The van der Waals surface area contributed by atoms with Crippen LogP contribution in [0.3, 0.4) is 0 Å². The van der Waals surface area contributed by atoms with Gasteiger partial charge in [-0.05, 0) is 56.5 Å². The zero-order valence-electron chi connectivity index (χ0n) is 19.3. The minimum atomic E-state index is -3.90. The maximum atomic E-state index is 12.8. The smallest absolute Gasteiger partial charge is 0.339 e. The Hall–Kier alpha value is -2.97. The molecule has 176 valence electrons. The van der Waals surface area contributed by atoms with Gasteiger partial charge in [0.1, 0.15) is 17.4 Å². The highest BCUT2D eigenvalue weighted by Gasteiger charge is 2.27. The average Bonchev–Trinajstić information content (AvgIpc) is 2.76. The number of aryl methyl sites for hydroxylation is 2. The molecule has 33 heavy (non-hydrogen) atoms. The third-order valence-corrected chi connectivity index (χ3v) is 6.96. The minimum Gasteiger partial charge on any atom is -0.425 e. The molecule has 0 fully saturated rings. The lowest BCUT2D eigenvalue weighted by Crippen LogP contribution is -2.42. The van der Waals surface area contributed by atoms with Crippen molar-refractivity contribution >= 4 is 27.0 Å². The third kappa shape index (κ3) is 5.69. The van der Waals surface area contributed by atoms with Crippen molar-refractivity contribution in [2.45, 2.75) is 64.3 Å². The second-order valence-corrected chi connectivity index (χ2v) is 9.81. The lowest BCUT2D eigenvalue weighted by Gasteiger charge is -2.17. The van der Waals surface area contributed by atoms with Crippen molar-refractivity contribution in [3.63, 3.8) is 0 Å². The second kappa shape index (κ2) is 10.3. The van der Waals surface area contributed by atoms with E-state index in [1.165, 1.54) is 18.2 Å². The number of hydrogen-bond donors (Lipinski definition) is 1. The summed E-state index contributed by atoms with van der Waals surface area (Å²) < 4.78 is 38.9. The molecule has 7 nitrogen and oxygen atoms in total. The summed E-state index contributed by atoms with van der Waals surface area (Å²) in [6.45, 7) is 7.57. The summed E-state index contributed by atoms with van der Waals surface area (Å²) in [4.78, 5) is 25.2. The highest BCUT2D eigenvalue weighted by Crippen LogP contribution is 2.25. The maximum absolute atomic E-state index is 12.8. The summed E-state index contributed by atoms with van der Waals surface area (Å²) in [6.07, 6.45) is 2.29. The van der Waals surface area contributed by atoms with E-state index in [2.05, 4.69) is 4.72 Å². The van der Waals surface area contributed by atoms with Crippen molar-refractivity contribution in [1.29, 1.82) is 0 Å². The normalized spacial score (nSPS) is 12.6. The van der Waals surface area contributed by atoms with E-state index in [4.69, 9.17) is 9.15 Å². The van der Waals surface area contributed by atoms with Gasteiger partial charge in [-0.25, -0.2) is 18.0 Å². The lowest BCUT2D eigenvalue weighted by molar-refractivity contribution is -0.136. The van der Waals surface area contributed by atoms with E-state index in [9.17, 15) is 18.0 Å². The van der Waals surface area contributed by atoms with Crippen molar-refractivity contribution in [1.82, 2.24) is 4.72 Å². The summed E-state index contributed by atoms with van der Waals surface area (Å²) in [7, 11) is -3.90. The van der Waals surface area contributed by atoms with Crippen LogP contribution in [0.15, 0.2) is 56.6 Å². The van der Waals surface area contributed by atoms with Crippen LogP contribution < -0.4 is 15.1 Å². The van der Waals surface area contributed by atoms with E-state index in [0.717, 1.165) is 22.9 Å².